The van der Waals surface area contributed by atoms with Gasteiger partial charge in [-0.2, -0.15) is 5.10 Å². The lowest BCUT2D eigenvalue weighted by molar-refractivity contribution is -0.862. The standard InChI is InChI=1S/C20H29N5O3/c1-15-12-16(2)25(23-15)11-5-10-21-19(26)13-24(3)14-20(27)22-17-6-8-18(28-4)9-7-17/h6-9,12H,5,10-11,13-14H2,1-4H3,(H,21,26)(H,22,27)/p+1. The molecule has 152 valence electrons. The first-order valence-corrected chi connectivity index (χ1v) is 9.40. The van der Waals surface area contributed by atoms with Gasteiger partial charge in [0, 0.05) is 24.5 Å². The molecule has 8 nitrogen and oxygen atoms in total. The zero-order valence-corrected chi connectivity index (χ0v) is 17.0. The summed E-state index contributed by atoms with van der Waals surface area (Å²) in [6.07, 6.45) is 0.810. The van der Waals surface area contributed by atoms with Crippen LogP contribution < -0.4 is 20.3 Å². The third-order valence-corrected chi connectivity index (χ3v) is 4.27. The minimum atomic E-state index is -0.139. The Balaban J connectivity index is 1.64. The van der Waals surface area contributed by atoms with Crippen LogP contribution >= 0.6 is 0 Å². The van der Waals surface area contributed by atoms with Crippen molar-refractivity contribution >= 4 is 17.5 Å². The van der Waals surface area contributed by atoms with Crippen molar-refractivity contribution in [1.29, 1.82) is 0 Å². The van der Waals surface area contributed by atoms with E-state index in [0.717, 1.165) is 35.0 Å². The number of methoxy groups -OCH3 is 1. The van der Waals surface area contributed by atoms with Crippen molar-refractivity contribution in [2.45, 2.75) is 26.8 Å². The van der Waals surface area contributed by atoms with E-state index in [9.17, 15) is 9.59 Å². The second-order valence-corrected chi connectivity index (χ2v) is 6.94. The van der Waals surface area contributed by atoms with Crippen molar-refractivity contribution in [3.63, 3.8) is 0 Å². The van der Waals surface area contributed by atoms with Crippen LogP contribution in [0.4, 0.5) is 5.69 Å². The lowest BCUT2D eigenvalue weighted by atomic mass is 10.3. The summed E-state index contributed by atoms with van der Waals surface area (Å²) in [5.74, 6) is 0.526. The molecule has 0 fully saturated rings. The molecule has 0 spiro atoms. The predicted molar refractivity (Wildman–Crippen MR) is 108 cm³/mol. The Labute approximate surface area is 165 Å². The number of nitrogens with zero attached hydrogens (tertiary/aromatic N) is 2. The van der Waals surface area contributed by atoms with Gasteiger partial charge in [-0.05, 0) is 50.6 Å². The molecule has 2 amide bonds. The number of amides is 2. The quantitative estimate of drug-likeness (QED) is 0.506. The first-order valence-electron chi connectivity index (χ1n) is 9.40. The highest BCUT2D eigenvalue weighted by Crippen LogP contribution is 2.14. The average Bonchev–Trinajstić information content (AvgIpc) is 2.96. The number of nitrogens with one attached hydrogen (secondary N) is 3. The van der Waals surface area contributed by atoms with Crippen molar-refractivity contribution in [3.8, 4) is 5.75 Å². The normalized spacial score (nSPS) is 11.7. The van der Waals surface area contributed by atoms with Crippen molar-refractivity contribution in [2.24, 2.45) is 0 Å². The van der Waals surface area contributed by atoms with Gasteiger partial charge in [-0.15, -0.1) is 0 Å². The van der Waals surface area contributed by atoms with Gasteiger partial charge in [0.05, 0.1) is 19.9 Å². The van der Waals surface area contributed by atoms with Crippen molar-refractivity contribution < 1.29 is 19.2 Å². The summed E-state index contributed by atoms with van der Waals surface area (Å²) in [5.41, 5.74) is 2.82. The molecule has 1 atom stereocenters. The topological polar surface area (TPSA) is 89.7 Å². The zero-order valence-electron chi connectivity index (χ0n) is 17.0. The van der Waals surface area contributed by atoms with Gasteiger partial charge < -0.3 is 20.3 Å². The Morgan fingerprint density at radius 3 is 2.43 bits per heavy atom. The summed E-state index contributed by atoms with van der Waals surface area (Å²) in [7, 11) is 3.42. The second-order valence-electron chi connectivity index (χ2n) is 6.94. The van der Waals surface area contributed by atoms with E-state index in [-0.39, 0.29) is 24.9 Å². The van der Waals surface area contributed by atoms with Crippen LogP contribution in [0.2, 0.25) is 0 Å². The summed E-state index contributed by atoms with van der Waals surface area (Å²) in [5, 5.41) is 10.1. The first kappa shape index (κ1) is 21.4. The van der Waals surface area contributed by atoms with Crippen molar-refractivity contribution in [3.05, 3.63) is 41.7 Å². The Hall–Kier alpha value is -2.87. The number of likely N-dealkylation sites (N-methyl/N-ethyl adjacent to an activating group) is 1. The molecule has 0 aliphatic carbocycles. The highest BCUT2D eigenvalue weighted by Gasteiger charge is 2.14. The molecule has 8 heteroatoms. The van der Waals surface area contributed by atoms with Crippen LogP contribution in [0.25, 0.3) is 0 Å². The number of quaternary nitrogens is 1. The molecule has 0 saturated heterocycles. The molecule has 2 rings (SSSR count). The molecule has 0 saturated carbocycles. The van der Waals surface area contributed by atoms with Gasteiger partial charge in [-0.1, -0.05) is 0 Å². The van der Waals surface area contributed by atoms with Crippen LogP contribution in [0, 0.1) is 13.8 Å². The van der Waals surface area contributed by atoms with Crippen LogP contribution in [0.1, 0.15) is 17.8 Å². The fourth-order valence-electron chi connectivity index (χ4n) is 2.91. The first-order chi connectivity index (χ1) is 13.4. The van der Waals surface area contributed by atoms with E-state index in [1.807, 2.05) is 31.6 Å². The predicted octanol–water partition coefficient (Wildman–Crippen LogP) is 0.168. The Morgan fingerprint density at radius 1 is 1.14 bits per heavy atom. The molecule has 1 unspecified atom stereocenters. The van der Waals surface area contributed by atoms with Crippen LogP contribution in [0.15, 0.2) is 30.3 Å². The number of carbonyl (C=O) groups is 2. The highest BCUT2D eigenvalue weighted by atomic mass is 16.5. The maximum Gasteiger partial charge on any atom is 0.279 e. The average molecular weight is 388 g/mol. The molecule has 0 aliphatic heterocycles. The van der Waals surface area contributed by atoms with Gasteiger partial charge in [0.25, 0.3) is 11.8 Å². The summed E-state index contributed by atoms with van der Waals surface area (Å²) >= 11 is 0. The molecule has 1 heterocycles. The van der Waals surface area contributed by atoms with Crippen LogP contribution in [0.3, 0.4) is 0 Å². The Kier molecular flexibility index (Phi) is 8.01. The SMILES string of the molecule is COc1ccc(NC(=O)C[NH+](C)CC(=O)NCCCn2nc(C)cc2C)cc1. The van der Waals surface area contributed by atoms with Gasteiger partial charge in [-0.3, -0.25) is 14.3 Å². The van der Waals surface area contributed by atoms with Crippen LogP contribution in [-0.2, 0) is 16.1 Å². The molecule has 3 N–H and O–H groups in total. The second kappa shape index (κ2) is 10.5. The van der Waals surface area contributed by atoms with E-state index in [1.54, 1.807) is 31.4 Å². The summed E-state index contributed by atoms with van der Waals surface area (Å²) in [6, 6.07) is 9.16. The minimum absolute atomic E-state index is 0.0666. The van der Waals surface area contributed by atoms with E-state index in [4.69, 9.17) is 4.74 Å². The van der Waals surface area contributed by atoms with E-state index in [2.05, 4.69) is 15.7 Å². The molecule has 0 aliphatic rings. The van der Waals surface area contributed by atoms with E-state index >= 15 is 0 Å². The number of benzene rings is 1. The van der Waals surface area contributed by atoms with Gasteiger partial charge in [0.1, 0.15) is 5.75 Å². The van der Waals surface area contributed by atoms with Crippen LogP contribution in [0.5, 0.6) is 5.75 Å². The molecule has 0 bridgehead atoms. The third-order valence-electron chi connectivity index (χ3n) is 4.27. The third kappa shape index (κ3) is 7.03. The summed E-state index contributed by atoms with van der Waals surface area (Å²) in [4.78, 5) is 25.0. The number of carbonyl (C=O) groups excluding carboxylic acids is 2. The summed E-state index contributed by atoms with van der Waals surface area (Å²) in [6.45, 7) is 5.80. The number of hydrogen-bond donors (Lipinski definition) is 3. The minimum Gasteiger partial charge on any atom is -0.497 e. The molecule has 0 radical (unpaired) electrons. The largest absolute Gasteiger partial charge is 0.497 e. The maximum atomic E-state index is 12.1. The molecule has 28 heavy (non-hydrogen) atoms. The molecular formula is C20H30N5O3+. The zero-order chi connectivity index (χ0) is 20.5. The monoisotopic (exact) mass is 388 g/mol. The lowest BCUT2D eigenvalue weighted by Gasteiger charge is -2.14. The van der Waals surface area contributed by atoms with Gasteiger partial charge in [0.2, 0.25) is 0 Å². The van der Waals surface area contributed by atoms with Crippen LogP contribution in [-0.4, -0.2) is 55.4 Å². The van der Waals surface area contributed by atoms with Crippen molar-refractivity contribution in [1.82, 2.24) is 15.1 Å². The number of rotatable bonds is 10. The number of ether oxygens (including phenoxy) is 1. The van der Waals surface area contributed by atoms with E-state index in [0.29, 0.717) is 12.2 Å². The smallest absolute Gasteiger partial charge is 0.279 e. The van der Waals surface area contributed by atoms with Crippen molar-refractivity contribution in [2.75, 3.05) is 39.1 Å². The number of anilines is 1. The number of aryl methyl sites for hydroxylation is 3. The highest BCUT2D eigenvalue weighted by molar-refractivity contribution is 5.91. The van der Waals surface area contributed by atoms with Gasteiger partial charge >= 0.3 is 0 Å². The molecule has 2 aromatic rings. The Bertz CT molecular complexity index is 786. The fourth-order valence-corrected chi connectivity index (χ4v) is 2.91. The number of aromatic nitrogens is 2. The van der Waals surface area contributed by atoms with Gasteiger partial charge in [-0.25, -0.2) is 0 Å². The molecular weight excluding hydrogens is 358 g/mol. The van der Waals surface area contributed by atoms with E-state index < -0.39 is 0 Å². The molecule has 1 aromatic heterocycles. The van der Waals surface area contributed by atoms with E-state index in [1.165, 1.54) is 0 Å². The lowest BCUT2D eigenvalue weighted by Crippen LogP contribution is -3.11. The molecule has 1 aromatic carbocycles. The fraction of sp³-hybridized carbons (Fsp3) is 0.450. The summed E-state index contributed by atoms with van der Waals surface area (Å²) < 4.78 is 7.04. The van der Waals surface area contributed by atoms with Gasteiger partial charge in [0.15, 0.2) is 13.1 Å². The number of hydrogen-bond acceptors (Lipinski definition) is 4. The maximum absolute atomic E-state index is 12.1. The Morgan fingerprint density at radius 2 is 1.82 bits per heavy atom.